The Hall–Kier alpha value is -1.97. The molecule has 0 aromatic heterocycles. The number of aliphatic imine (C=N–C) groups is 1. The molecule has 4 heteroatoms. The molecule has 1 aromatic rings. The number of nitrogens with zero attached hydrogens (tertiary/aromatic N) is 1. The molecule has 1 rings (SSSR count). The first-order chi connectivity index (χ1) is 7.69. The number of nitrogens with two attached hydrogens (primary N) is 1. The van der Waals surface area contributed by atoms with Crippen molar-refractivity contribution in [1.82, 2.24) is 0 Å². The number of hydrogen-bond acceptors (Lipinski definition) is 3. The van der Waals surface area contributed by atoms with Crippen molar-refractivity contribution in [3.05, 3.63) is 41.9 Å². The summed E-state index contributed by atoms with van der Waals surface area (Å²) in [5.41, 5.74) is 5.75. The van der Waals surface area contributed by atoms with Crippen LogP contribution in [-0.2, 0) is 4.79 Å². The van der Waals surface area contributed by atoms with Crippen LogP contribution in [0.1, 0.15) is 13.3 Å². The lowest BCUT2D eigenvalue weighted by molar-refractivity contribution is -0.114. The molecule has 0 heterocycles. The third kappa shape index (κ3) is 3.02. The van der Waals surface area contributed by atoms with E-state index in [0.717, 1.165) is 0 Å². The van der Waals surface area contributed by atoms with Crippen LogP contribution in [0.25, 0.3) is 0 Å². The summed E-state index contributed by atoms with van der Waals surface area (Å²) in [4.78, 5) is 15.2. The number of carbonyl (C=O) groups is 1. The summed E-state index contributed by atoms with van der Waals surface area (Å²) in [7, 11) is 0. The number of benzene rings is 1. The number of allylic oxidation sites excluding steroid dienone is 1. The summed E-state index contributed by atoms with van der Waals surface area (Å²) >= 11 is 0. The molecule has 0 fully saturated rings. The van der Waals surface area contributed by atoms with Crippen molar-refractivity contribution in [1.29, 1.82) is 0 Å². The lowest BCUT2D eigenvalue weighted by atomic mass is 10.1. The fraction of sp³-hybridized carbons (Fsp3) is 0.167. The van der Waals surface area contributed by atoms with Gasteiger partial charge in [-0.15, -0.1) is 0 Å². The maximum Gasteiger partial charge on any atom is 0.165 e. The van der Waals surface area contributed by atoms with Crippen LogP contribution in [0.2, 0.25) is 0 Å². The first-order valence-electron chi connectivity index (χ1n) is 4.92. The van der Waals surface area contributed by atoms with Crippen molar-refractivity contribution in [2.75, 3.05) is 0 Å². The molecule has 0 saturated heterocycles. The molecule has 0 aliphatic heterocycles. The van der Waals surface area contributed by atoms with E-state index in [-0.39, 0.29) is 17.0 Å². The Labute approximate surface area is 93.5 Å². The summed E-state index contributed by atoms with van der Waals surface area (Å²) in [5.74, 6) is -0.554. The minimum Gasteiger partial charge on any atom is -0.404 e. The number of ketones is 1. The molecule has 0 aliphatic carbocycles. The zero-order valence-electron chi connectivity index (χ0n) is 8.98. The number of rotatable bonds is 4. The molecule has 0 amide bonds. The molecular weight excluding hydrogens is 207 g/mol. The van der Waals surface area contributed by atoms with Gasteiger partial charge in [0.15, 0.2) is 5.78 Å². The molecule has 0 radical (unpaired) electrons. The van der Waals surface area contributed by atoms with Crippen LogP contribution in [0.3, 0.4) is 0 Å². The molecule has 0 atom stereocenters. The van der Waals surface area contributed by atoms with Crippen molar-refractivity contribution < 1.29 is 9.18 Å². The first kappa shape index (κ1) is 12.1. The molecule has 16 heavy (non-hydrogen) atoms. The summed E-state index contributed by atoms with van der Waals surface area (Å²) in [6.45, 7) is 1.72. The van der Waals surface area contributed by atoms with Gasteiger partial charge in [0.2, 0.25) is 0 Å². The summed E-state index contributed by atoms with van der Waals surface area (Å²) < 4.78 is 13.2. The topological polar surface area (TPSA) is 55.5 Å². The molecule has 1 aromatic carbocycles. The lowest BCUT2D eigenvalue weighted by Gasteiger charge is -1.97. The molecule has 0 bridgehead atoms. The van der Waals surface area contributed by atoms with Gasteiger partial charge >= 0.3 is 0 Å². The second-order valence-corrected chi connectivity index (χ2v) is 3.11. The largest absolute Gasteiger partial charge is 0.404 e. The van der Waals surface area contributed by atoms with E-state index in [0.29, 0.717) is 6.42 Å². The van der Waals surface area contributed by atoms with Gasteiger partial charge in [-0.3, -0.25) is 9.79 Å². The fourth-order valence-corrected chi connectivity index (χ4v) is 1.11. The van der Waals surface area contributed by atoms with E-state index >= 15 is 0 Å². The minimum absolute atomic E-state index is 0.123. The first-order valence-corrected chi connectivity index (χ1v) is 4.92. The standard InChI is InChI=1S/C12H13FN2O/c1-2-12(16)9(7-14)8-15-11-6-4-3-5-10(11)13/h3-8H,2,14H2,1H3. The molecular formula is C12H13FN2O. The highest BCUT2D eigenvalue weighted by Gasteiger charge is 2.03. The fourth-order valence-electron chi connectivity index (χ4n) is 1.11. The summed E-state index contributed by atoms with van der Waals surface area (Å²) in [6, 6.07) is 6.07. The van der Waals surface area contributed by atoms with Crippen LogP contribution in [0, 0.1) is 5.82 Å². The molecule has 3 nitrogen and oxygen atoms in total. The van der Waals surface area contributed by atoms with Gasteiger partial charge in [0, 0.05) is 18.8 Å². The van der Waals surface area contributed by atoms with Crippen molar-refractivity contribution in [2.45, 2.75) is 13.3 Å². The Kier molecular flexibility index (Phi) is 4.39. The van der Waals surface area contributed by atoms with E-state index in [4.69, 9.17) is 5.73 Å². The Bertz CT molecular complexity index is 438. The third-order valence-electron chi connectivity index (χ3n) is 2.02. The van der Waals surface area contributed by atoms with Crippen LogP contribution in [0.5, 0.6) is 0 Å². The average molecular weight is 220 g/mol. The van der Waals surface area contributed by atoms with Gasteiger partial charge in [-0.1, -0.05) is 19.1 Å². The maximum atomic E-state index is 13.2. The zero-order valence-corrected chi connectivity index (χ0v) is 8.98. The highest BCUT2D eigenvalue weighted by atomic mass is 19.1. The van der Waals surface area contributed by atoms with E-state index < -0.39 is 5.82 Å². The zero-order chi connectivity index (χ0) is 12.0. The summed E-state index contributed by atoms with van der Waals surface area (Å²) in [6.07, 6.45) is 2.80. The van der Waals surface area contributed by atoms with Crippen LogP contribution >= 0.6 is 0 Å². The Balaban J connectivity index is 2.88. The Morgan fingerprint density at radius 2 is 2.19 bits per heavy atom. The van der Waals surface area contributed by atoms with Gasteiger partial charge in [0.1, 0.15) is 5.82 Å². The SMILES string of the molecule is CCC(=O)C(C=Nc1ccccc1F)=CN. The predicted molar refractivity (Wildman–Crippen MR) is 62.1 cm³/mol. The number of Topliss-reactive ketones (excluding diaryl/α,β-unsaturated/α-hetero) is 1. The maximum absolute atomic E-state index is 13.2. The Morgan fingerprint density at radius 1 is 1.50 bits per heavy atom. The number of hydrogen-bond donors (Lipinski definition) is 1. The molecule has 0 saturated carbocycles. The lowest BCUT2D eigenvalue weighted by Crippen LogP contribution is -2.04. The smallest absolute Gasteiger partial charge is 0.165 e. The van der Waals surface area contributed by atoms with Gasteiger partial charge < -0.3 is 5.73 Å². The highest BCUT2D eigenvalue weighted by Crippen LogP contribution is 2.16. The van der Waals surface area contributed by atoms with E-state index in [1.807, 2.05) is 0 Å². The second-order valence-electron chi connectivity index (χ2n) is 3.11. The molecule has 0 unspecified atom stereocenters. The number of halogens is 1. The normalized spacial score (nSPS) is 12.0. The van der Waals surface area contributed by atoms with Crippen molar-refractivity contribution in [3.8, 4) is 0 Å². The van der Waals surface area contributed by atoms with Gasteiger partial charge in [-0.25, -0.2) is 4.39 Å². The number of para-hydroxylation sites is 1. The predicted octanol–water partition coefficient (Wildman–Crippen LogP) is 2.35. The van der Waals surface area contributed by atoms with E-state index in [1.165, 1.54) is 24.5 Å². The van der Waals surface area contributed by atoms with E-state index in [9.17, 15) is 9.18 Å². The van der Waals surface area contributed by atoms with E-state index in [1.54, 1.807) is 19.1 Å². The van der Waals surface area contributed by atoms with Gasteiger partial charge in [-0.05, 0) is 12.1 Å². The van der Waals surface area contributed by atoms with Gasteiger partial charge in [-0.2, -0.15) is 0 Å². The van der Waals surface area contributed by atoms with Gasteiger partial charge in [0.25, 0.3) is 0 Å². The third-order valence-corrected chi connectivity index (χ3v) is 2.02. The second kappa shape index (κ2) is 5.80. The van der Waals surface area contributed by atoms with Crippen LogP contribution < -0.4 is 5.73 Å². The van der Waals surface area contributed by atoms with E-state index in [2.05, 4.69) is 4.99 Å². The quantitative estimate of drug-likeness (QED) is 0.625. The Morgan fingerprint density at radius 3 is 2.75 bits per heavy atom. The molecule has 0 spiro atoms. The molecule has 84 valence electrons. The van der Waals surface area contributed by atoms with Crippen LogP contribution in [0.4, 0.5) is 10.1 Å². The monoisotopic (exact) mass is 220 g/mol. The molecule has 2 N–H and O–H groups in total. The van der Waals surface area contributed by atoms with Crippen molar-refractivity contribution in [2.24, 2.45) is 10.7 Å². The summed E-state index contributed by atoms with van der Waals surface area (Å²) in [5, 5.41) is 0. The number of carbonyl (C=O) groups excluding carboxylic acids is 1. The highest BCUT2D eigenvalue weighted by molar-refractivity contribution is 6.13. The minimum atomic E-state index is -0.431. The van der Waals surface area contributed by atoms with Gasteiger partial charge in [0.05, 0.1) is 11.3 Å². The average Bonchev–Trinajstić information content (AvgIpc) is 2.31. The van der Waals surface area contributed by atoms with Crippen molar-refractivity contribution in [3.63, 3.8) is 0 Å². The van der Waals surface area contributed by atoms with Crippen molar-refractivity contribution >= 4 is 17.7 Å². The van der Waals surface area contributed by atoms with Crippen LogP contribution in [0.15, 0.2) is 41.0 Å². The molecule has 0 aliphatic rings. The van der Waals surface area contributed by atoms with Crippen LogP contribution in [-0.4, -0.2) is 12.0 Å².